The Morgan fingerprint density at radius 1 is 1.19 bits per heavy atom. The number of benzene rings is 1. The van der Waals surface area contributed by atoms with E-state index in [9.17, 15) is 4.79 Å². The molecular weight excluding hydrogens is 284 g/mol. The van der Waals surface area contributed by atoms with E-state index < -0.39 is 0 Å². The van der Waals surface area contributed by atoms with Gasteiger partial charge in [0.05, 0.1) is 5.69 Å². The summed E-state index contributed by atoms with van der Waals surface area (Å²) in [6.07, 6.45) is 0.725. The quantitative estimate of drug-likeness (QED) is 0.851. The average Bonchev–Trinajstić information content (AvgIpc) is 2.95. The summed E-state index contributed by atoms with van der Waals surface area (Å²) in [6.45, 7) is 2.56. The number of amides is 1. The topological polar surface area (TPSA) is 49.3 Å². The van der Waals surface area contributed by atoms with Gasteiger partial charge in [0.2, 0.25) is 0 Å². The van der Waals surface area contributed by atoms with Crippen LogP contribution < -0.4 is 4.90 Å². The first kappa shape index (κ1) is 15.4. The van der Waals surface area contributed by atoms with Crippen molar-refractivity contribution in [3.63, 3.8) is 0 Å². The number of rotatable bonds is 5. The smallest absolute Gasteiger partial charge is 0.267 e. The lowest BCUT2D eigenvalue weighted by molar-refractivity contribution is 0.0788. The van der Waals surface area contributed by atoms with E-state index in [-0.39, 0.29) is 5.91 Å². The first-order valence-electron chi connectivity index (χ1n) is 6.86. The highest BCUT2D eigenvalue weighted by Gasteiger charge is 2.19. The second kappa shape index (κ2) is 6.67. The van der Waals surface area contributed by atoms with Crippen LogP contribution in [0.15, 0.2) is 24.3 Å². The molecule has 0 fully saturated rings. The minimum atomic E-state index is -0.0152. The summed E-state index contributed by atoms with van der Waals surface area (Å²) in [6, 6.07) is 8.20. The highest BCUT2D eigenvalue weighted by molar-refractivity contribution is 7.07. The normalized spacial score (nSPS) is 10.5. The zero-order chi connectivity index (χ0) is 15.4. The lowest BCUT2D eigenvalue weighted by atomic mass is 10.2. The zero-order valence-electron chi connectivity index (χ0n) is 12.8. The van der Waals surface area contributed by atoms with Crippen molar-refractivity contribution in [3.8, 4) is 0 Å². The van der Waals surface area contributed by atoms with Crippen molar-refractivity contribution < 1.29 is 4.79 Å². The van der Waals surface area contributed by atoms with E-state index in [4.69, 9.17) is 0 Å². The molecule has 1 aromatic heterocycles. The standard InChI is InChI=1S/C15H20N4OS/c1-5-13-14(21-17-16-13)15(20)19(4)10-11-6-8-12(9-7-11)18(2)3/h6-9H,5,10H2,1-4H3. The second-order valence-corrected chi connectivity index (χ2v) is 5.88. The fraction of sp³-hybridized carbons (Fsp3) is 0.400. The maximum Gasteiger partial charge on any atom is 0.267 e. The zero-order valence-corrected chi connectivity index (χ0v) is 13.6. The minimum Gasteiger partial charge on any atom is -0.378 e. The predicted octanol–water partition coefficient (Wildman–Crippen LogP) is 2.44. The Morgan fingerprint density at radius 2 is 1.86 bits per heavy atom. The fourth-order valence-electron chi connectivity index (χ4n) is 2.02. The molecule has 0 bridgehead atoms. The van der Waals surface area contributed by atoms with Crippen LogP contribution in [0.1, 0.15) is 27.9 Å². The van der Waals surface area contributed by atoms with Crippen LogP contribution in [-0.4, -0.2) is 41.5 Å². The van der Waals surface area contributed by atoms with Gasteiger partial charge in [0.15, 0.2) is 0 Å². The summed E-state index contributed by atoms with van der Waals surface area (Å²) in [4.78, 5) is 16.8. The van der Waals surface area contributed by atoms with Gasteiger partial charge in [-0.05, 0) is 35.6 Å². The first-order chi connectivity index (χ1) is 10.0. The molecular formula is C15H20N4OS. The number of carbonyl (C=O) groups is 1. The van der Waals surface area contributed by atoms with E-state index in [1.54, 1.807) is 11.9 Å². The van der Waals surface area contributed by atoms with E-state index in [1.807, 2.05) is 33.2 Å². The molecule has 21 heavy (non-hydrogen) atoms. The Morgan fingerprint density at radius 3 is 2.43 bits per heavy atom. The first-order valence-corrected chi connectivity index (χ1v) is 7.63. The van der Waals surface area contributed by atoms with E-state index in [1.165, 1.54) is 11.5 Å². The van der Waals surface area contributed by atoms with E-state index in [0.717, 1.165) is 23.4 Å². The molecule has 1 amide bonds. The summed E-state index contributed by atoms with van der Waals surface area (Å²) < 4.78 is 3.87. The van der Waals surface area contributed by atoms with Crippen molar-refractivity contribution in [1.82, 2.24) is 14.5 Å². The van der Waals surface area contributed by atoms with E-state index in [0.29, 0.717) is 11.4 Å². The highest BCUT2D eigenvalue weighted by Crippen LogP contribution is 2.17. The SMILES string of the molecule is CCc1nnsc1C(=O)N(C)Cc1ccc(N(C)C)cc1. The molecule has 0 spiro atoms. The fourth-order valence-corrected chi connectivity index (χ4v) is 2.77. The number of hydrogen-bond donors (Lipinski definition) is 0. The summed E-state index contributed by atoms with van der Waals surface area (Å²) >= 11 is 1.17. The van der Waals surface area contributed by atoms with E-state index in [2.05, 4.69) is 26.6 Å². The molecule has 0 radical (unpaired) electrons. The molecule has 0 unspecified atom stereocenters. The summed E-state index contributed by atoms with van der Waals surface area (Å²) in [5, 5.41) is 3.99. The summed E-state index contributed by atoms with van der Waals surface area (Å²) in [5.41, 5.74) is 3.03. The van der Waals surface area contributed by atoms with Crippen LogP contribution in [-0.2, 0) is 13.0 Å². The third-order valence-corrected chi connectivity index (χ3v) is 4.06. The number of aromatic nitrogens is 2. The summed E-state index contributed by atoms with van der Waals surface area (Å²) in [5.74, 6) is -0.0152. The Kier molecular flexibility index (Phi) is 4.90. The molecule has 0 aliphatic heterocycles. The second-order valence-electron chi connectivity index (χ2n) is 5.12. The number of anilines is 1. The molecule has 1 heterocycles. The van der Waals surface area contributed by atoms with Crippen LogP contribution in [0.25, 0.3) is 0 Å². The Labute approximate surface area is 129 Å². The number of hydrogen-bond acceptors (Lipinski definition) is 5. The third kappa shape index (κ3) is 3.58. The van der Waals surface area contributed by atoms with Crippen LogP contribution in [0, 0.1) is 0 Å². The molecule has 0 aliphatic rings. The van der Waals surface area contributed by atoms with Crippen molar-refractivity contribution >= 4 is 23.1 Å². The molecule has 0 N–H and O–H groups in total. The minimum absolute atomic E-state index is 0.0152. The lowest BCUT2D eigenvalue weighted by Crippen LogP contribution is -2.26. The number of carbonyl (C=O) groups excluding carboxylic acids is 1. The Hall–Kier alpha value is -1.95. The Balaban J connectivity index is 2.07. The highest BCUT2D eigenvalue weighted by atomic mass is 32.1. The van der Waals surface area contributed by atoms with Crippen LogP contribution >= 0.6 is 11.5 Å². The van der Waals surface area contributed by atoms with Crippen LogP contribution in [0.3, 0.4) is 0 Å². The molecule has 0 aliphatic carbocycles. The van der Waals surface area contributed by atoms with Gasteiger partial charge in [-0.1, -0.05) is 23.5 Å². The van der Waals surface area contributed by atoms with Crippen molar-refractivity contribution in [3.05, 3.63) is 40.4 Å². The Bertz CT molecular complexity index is 606. The molecule has 112 valence electrons. The van der Waals surface area contributed by atoms with Crippen molar-refractivity contribution in [1.29, 1.82) is 0 Å². The largest absolute Gasteiger partial charge is 0.378 e. The summed E-state index contributed by atoms with van der Waals surface area (Å²) in [7, 11) is 5.82. The van der Waals surface area contributed by atoms with Gasteiger partial charge in [0.1, 0.15) is 4.88 Å². The maximum absolute atomic E-state index is 12.4. The third-order valence-electron chi connectivity index (χ3n) is 3.30. The van der Waals surface area contributed by atoms with Gasteiger partial charge < -0.3 is 9.80 Å². The monoisotopic (exact) mass is 304 g/mol. The van der Waals surface area contributed by atoms with Crippen LogP contribution in [0.2, 0.25) is 0 Å². The van der Waals surface area contributed by atoms with Gasteiger partial charge >= 0.3 is 0 Å². The van der Waals surface area contributed by atoms with Crippen molar-refractivity contribution in [2.45, 2.75) is 19.9 Å². The van der Waals surface area contributed by atoms with Crippen molar-refractivity contribution in [2.24, 2.45) is 0 Å². The van der Waals surface area contributed by atoms with Gasteiger partial charge in [0.25, 0.3) is 5.91 Å². The van der Waals surface area contributed by atoms with Gasteiger partial charge in [-0.15, -0.1) is 5.10 Å². The molecule has 0 atom stereocenters. The molecule has 6 heteroatoms. The van der Waals surface area contributed by atoms with Crippen molar-refractivity contribution in [2.75, 3.05) is 26.0 Å². The van der Waals surface area contributed by atoms with Gasteiger partial charge in [0, 0.05) is 33.4 Å². The predicted molar refractivity (Wildman–Crippen MR) is 85.9 cm³/mol. The molecule has 0 saturated carbocycles. The molecule has 2 aromatic rings. The van der Waals surface area contributed by atoms with Gasteiger partial charge in [-0.3, -0.25) is 4.79 Å². The average molecular weight is 304 g/mol. The molecule has 5 nitrogen and oxygen atoms in total. The van der Waals surface area contributed by atoms with E-state index >= 15 is 0 Å². The molecule has 1 aromatic carbocycles. The van der Waals surface area contributed by atoms with Gasteiger partial charge in [-0.2, -0.15) is 0 Å². The molecule has 2 rings (SSSR count). The maximum atomic E-state index is 12.4. The number of aryl methyl sites for hydroxylation is 1. The lowest BCUT2D eigenvalue weighted by Gasteiger charge is -2.18. The van der Waals surface area contributed by atoms with Crippen LogP contribution in [0.5, 0.6) is 0 Å². The molecule has 0 saturated heterocycles. The van der Waals surface area contributed by atoms with Gasteiger partial charge in [-0.25, -0.2) is 0 Å². The number of nitrogens with zero attached hydrogens (tertiary/aromatic N) is 4. The van der Waals surface area contributed by atoms with Crippen LogP contribution in [0.4, 0.5) is 5.69 Å².